The Morgan fingerprint density at radius 1 is 1.47 bits per heavy atom. The zero-order valence-corrected chi connectivity index (χ0v) is 12.5. The van der Waals surface area contributed by atoms with E-state index in [0.29, 0.717) is 11.9 Å². The SMILES string of the molecule is CC1CCCCCN1c1ncc(Br)cc1CCl. The largest absolute Gasteiger partial charge is 0.354 e. The van der Waals surface area contributed by atoms with Gasteiger partial charge in [-0.3, -0.25) is 0 Å². The number of hydrogen-bond acceptors (Lipinski definition) is 2. The summed E-state index contributed by atoms with van der Waals surface area (Å²) in [6, 6.07) is 2.64. The Kier molecular flexibility index (Phi) is 4.69. The van der Waals surface area contributed by atoms with E-state index in [1.165, 1.54) is 25.7 Å². The second kappa shape index (κ2) is 6.05. The van der Waals surface area contributed by atoms with Gasteiger partial charge in [0.15, 0.2) is 0 Å². The lowest BCUT2D eigenvalue weighted by Crippen LogP contribution is -2.33. The molecule has 1 saturated heterocycles. The van der Waals surface area contributed by atoms with Crippen LogP contribution in [0.25, 0.3) is 0 Å². The molecule has 0 radical (unpaired) electrons. The lowest BCUT2D eigenvalue weighted by Gasteiger charge is -2.29. The summed E-state index contributed by atoms with van der Waals surface area (Å²) in [6.07, 6.45) is 7.02. The molecule has 0 spiro atoms. The van der Waals surface area contributed by atoms with Gasteiger partial charge < -0.3 is 4.90 Å². The lowest BCUT2D eigenvalue weighted by atomic mass is 10.1. The van der Waals surface area contributed by atoms with Gasteiger partial charge >= 0.3 is 0 Å². The van der Waals surface area contributed by atoms with Gasteiger partial charge in [0, 0.05) is 28.8 Å². The summed E-state index contributed by atoms with van der Waals surface area (Å²) in [7, 11) is 0. The molecule has 1 fully saturated rings. The number of halogens is 2. The highest BCUT2D eigenvalue weighted by Gasteiger charge is 2.20. The van der Waals surface area contributed by atoms with Crippen LogP contribution in [0.5, 0.6) is 0 Å². The summed E-state index contributed by atoms with van der Waals surface area (Å²) >= 11 is 9.48. The zero-order chi connectivity index (χ0) is 12.3. The minimum atomic E-state index is 0.519. The molecule has 2 rings (SSSR count). The summed E-state index contributed by atoms with van der Waals surface area (Å²) in [5, 5.41) is 0. The molecule has 17 heavy (non-hydrogen) atoms. The highest BCUT2D eigenvalue weighted by Crippen LogP contribution is 2.28. The monoisotopic (exact) mass is 316 g/mol. The number of alkyl halides is 1. The third kappa shape index (κ3) is 3.14. The van der Waals surface area contributed by atoms with Gasteiger partial charge in [-0.25, -0.2) is 4.98 Å². The van der Waals surface area contributed by atoms with E-state index in [4.69, 9.17) is 11.6 Å². The number of rotatable bonds is 2. The molecule has 0 bridgehead atoms. The fraction of sp³-hybridized carbons (Fsp3) is 0.615. The van der Waals surface area contributed by atoms with Gasteiger partial charge in [-0.15, -0.1) is 11.6 Å². The first-order valence-electron chi connectivity index (χ1n) is 6.19. The first-order valence-corrected chi connectivity index (χ1v) is 7.52. The van der Waals surface area contributed by atoms with Gasteiger partial charge in [-0.1, -0.05) is 12.8 Å². The Morgan fingerprint density at radius 3 is 3.06 bits per heavy atom. The standard InChI is InChI=1S/C13H18BrClN2/c1-10-5-3-2-4-6-17(10)13-11(8-15)7-12(14)9-16-13/h7,9-10H,2-6,8H2,1H3. The zero-order valence-electron chi connectivity index (χ0n) is 10.1. The lowest BCUT2D eigenvalue weighted by molar-refractivity contribution is 0.610. The van der Waals surface area contributed by atoms with Crippen LogP contribution in [-0.2, 0) is 5.88 Å². The number of nitrogens with zero attached hydrogens (tertiary/aromatic N) is 2. The van der Waals surface area contributed by atoms with Crippen LogP contribution in [0.3, 0.4) is 0 Å². The summed E-state index contributed by atoms with van der Waals surface area (Å²) in [5.74, 6) is 1.59. The van der Waals surface area contributed by atoms with Crippen molar-refractivity contribution in [3.8, 4) is 0 Å². The molecular weight excluding hydrogens is 300 g/mol. The number of hydrogen-bond donors (Lipinski definition) is 0. The van der Waals surface area contributed by atoms with Crippen LogP contribution in [-0.4, -0.2) is 17.6 Å². The van der Waals surface area contributed by atoms with E-state index in [1.807, 2.05) is 6.20 Å². The van der Waals surface area contributed by atoms with Crippen LogP contribution in [0.1, 0.15) is 38.2 Å². The molecule has 0 aromatic carbocycles. The Balaban J connectivity index is 2.30. The van der Waals surface area contributed by atoms with E-state index in [0.717, 1.165) is 22.4 Å². The minimum Gasteiger partial charge on any atom is -0.354 e. The van der Waals surface area contributed by atoms with E-state index in [-0.39, 0.29) is 0 Å². The molecule has 1 aliphatic heterocycles. The van der Waals surface area contributed by atoms with Crippen LogP contribution in [0, 0.1) is 0 Å². The third-order valence-corrected chi connectivity index (χ3v) is 4.10. The van der Waals surface area contributed by atoms with E-state index < -0.39 is 0 Å². The normalized spacial score (nSPS) is 21.4. The van der Waals surface area contributed by atoms with Crippen LogP contribution in [0.15, 0.2) is 16.7 Å². The summed E-state index contributed by atoms with van der Waals surface area (Å²) < 4.78 is 0.999. The van der Waals surface area contributed by atoms with Crippen molar-refractivity contribution in [3.63, 3.8) is 0 Å². The number of aromatic nitrogens is 1. The smallest absolute Gasteiger partial charge is 0.133 e. The van der Waals surface area contributed by atoms with Gasteiger partial charge in [0.25, 0.3) is 0 Å². The fourth-order valence-electron chi connectivity index (χ4n) is 2.42. The molecule has 1 aliphatic rings. The van der Waals surface area contributed by atoms with Gasteiger partial charge in [-0.05, 0) is 41.8 Å². The molecular formula is C13H18BrClN2. The Bertz CT molecular complexity index is 384. The predicted octanol–water partition coefficient (Wildman–Crippen LogP) is 4.35. The van der Waals surface area contributed by atoms with Crippen molar-refractivity contribution in [1.82, 2.24) is 4.98 Å². The quantitative estimate of drug-likeness (QED) is 0.754. The van der Waals surface area contributed by atoms with Crippen molar-refractivity contribution < 1.29 is 0 Å². The van der Waals surface area contributed by atoms with Crippen molar-refractivity contribution in [2.75, 3.05) is 11.4 Å². The van der Waals surface area contributed by atoms with Crippen molar-refractivity contribution in [2.24, 2.45) is 0 Å². The second-order valence-corrected chi connectivity index (χ2v) is 5.84. The van der Waals surface area contributed by atoms with E-state index in [9.17, 15) is 0 Å². The predicted molar refractivity (Wildman–Crippen MR) is 76.8 cm³/mol. The minimum absolute atomic E-state index is 0.519. The van der Waals surface area contributed by atoms with Crippen LogP contribution in [0.2, 0.25) is 0 Å². The fourth-order valence-corrected chi connectivity index (χ4v) is 3.00. The highest BCUT2D eigenvalue weighted by atomic mass is 79.9. The van der Waals surface area contributed by atoms with Crippen molar-refractivity contribution in [1.29, 1.82) is 0 Å². The molecule has 4 heteroatoms. The number of pyridine rings is 1. The molecule has 2 heterocycles. The third-order valence-electron chi connectivity index (χ3n) is 3.38. The molecule has 1 unspecified atom stereocenters. The maximum atomic E-state index is 6.02. The van der Waals surface area contributed by atoms with Crippen LogP contribution in [0.4, 0.5) is 5.82 Å². The second-order valence-electron chi connectivity index (χ2n) is 4.66. The summed E-state index contributed by atoms with van der Waals surface area (Å²) in [5.41, 5.74) is 1.12. The van der Waals surface area contributed by atoms with Crippen LogP contribution >= 0.6 is 27.5 Å². The molecule has 1 atom stereocenters. The van der Waals surface area contributed by atoms with Crippen molar-refractivity contribution in [3.05, 3.63) is 22.3 Å². The molecule has 0 aliphatic carbocycles. The molecule has 0 N–H and O–H groups in total. The first kappa shape index (κ1) is 13.2. The van der Waals surface area contributed by atoms with Gasteiger partial charge in [0.1, 0.15) is 5.82 Å². The van der Waals surface area contributed by atoms with Crippen molar-refractivity contribution >= 4 is 33.3 Å². The Labute approximate surface area is 116 Å². The topological polar surface area (TPSA) is 16.1 Å². The average Bonchev–Trinajstić information content (AvgIpc) is 2.54. The molecule has 0 amide bonds. The molecule has 1 aromatic rings. The van der Waals surface area contributed by atoms with Gasteiger partial charge in [-0.2, -0.15) is 0 Å². The van der Waals surface area contributed by atoms with E-state index in [2.05, 4.69) is 38.8 Å². The maximum absolute atomic E-state index is 6.02. The van der Waals surface area contributed by atoms with E-state index >= 15 is 0 Å². The Hall–Kier alpha value is -0.280. The molecule has 2 nitrogen and oxygen atoms in total. The molecule has 1 aromatic heterocycles. The van der Waals surface area contributed by atoms with Crippen LogP contribution < -0.4 is 4.90 Å². The maximum Gasteiger partial charge on any atom is 0.133 e. The number of anilines is 1. The van der Waals surface area contributed by atoms with Gasteiger partial charge in [0.2, 0.25) is 0 Å². The van der Waals surface area contributed by atoms with E-state index in [1.54, 1.807) is 0 Å². The summed E-state index contributed by atoms with van der Waals surface area (Å²) in [6.45, 7) is 3.38. The summed E-state index contributed by atoms with van der Waals surface area (Å²) in [4.78, 5) is 6.97. The van der Waals surface area contributed by atoms with Gasteiger partial charge in [0.05, 0.1) is 5.88 Å². The Morgan fingerprint density at radius 2 is 2.29 bits per heavy atom. The first-order chi connectivity index (χ1) is 8.22. The average molecular weight is 318 g/mol. The van der Waals surface area contributed by atoms with Crippen molar-refractivity contribution in [2.45, 2.75) is 44.5 Å². The molecule has 94 valence electrons. The molecule has 0 saturated carbocycles. The highest BCUT2D eigenvalue weighted by molar-refractivity contribution is 9.10.